The van der Waals surface area contributed by atoms with Crippen LogP contribution in [0.4, 0.5) is 0 Å². The number of carbonyl (C=O) groups excluding carboxylic acids is 1. The van der Waals surface area contributed by atoms with E-state index in [-0.39, 0.29) is 29.3 Å². The van der Waals surface area contributed by atoms with Crippen molar-refractivity contribution in [2.75, 3.05) is 26.2 Å². The molecular formula is C20H32ClN3O3S. The SMILES string of the molecule is Cc1cc(C(=O)N2CCCC2CN)cc(S(=O)(=O)N2CCC(C)CC2)c1C.Cl. The van der Waals surface area contributed by atoms with Crippen molar-refractivity contribution in [3.63, 3.8) is 0 Å². The van der Waals surface area contributed by atoms with Crippen molar-refractivity contribution in [3.8, 4) is 0 Å². The molecule has 1 atom stereocenters. The fraction of sp³-hybridized carbons (Fsp3) is 0.650. The lowest BCUT2D eigenvalue weighted by Gasteiger charge is -2.30. The van der Waals surface area contributed by atoms with E-state index in [9.17, 15) is 13.2 Å². The van der Waals surface area contributed by atoms with Gasteiger partial charge in [-0.1, -0.05) is 6.92 Å². The molecule has 1 aromatic rings. The number of hydrogen-bond acceptors (Lipinski definition) is 4. The summed E-state index contributed by atoms with van der Waals surface area (Å²) in [5, 5.41) is 0. The second-order valence-electron chi connectivity index (χ2n) is 8.03. The number of halogens is 1. The van der Waals surface area contributed by atoms with Crippen LogP contribution in [0.5, 0.6) is 0 Å². The van der Waals surface area contributed by atoms with E-state index in [0.717, 1.165) is 36.8 Å². The van der Waals surface area contributed by atoms with Gasteiger partial charge in [0, 0.05) is 37.8 Å². The Morgan fingerprint density at radius 3 is 2.39 bits per heavy atom. The van der Waals surface area contributed by atoms with Crippen LogP contribution >= 0.6 is 12.4 Å². The van der Waals surface area contributed by atoms with Crippen LogP contribution < -0.4 is 5.73 Å². The molecule has 158 valence electrons. The number of nitrogens with zero attached hydrogens (tertiary/aromatic N) is 2. The third kappa shape index (κ3) is 4.37. The van der Waals surface area contributed by atoms with Gasteiger partial charge in [0.1, 0.15) is 0 Å². The van der Waals surface area contributed by atoms with E-state index >= 15 is 0 Å². The molecule has 3 rings (SSSR count). The zero-order valence-electron chi connectivity index (χ0n) is 17.0. The van der Waals surface area contributed by atoms with Crippen LogP contribution in [0.25, 0.3) is 0 Å². The van der Waals surface area contributed by atoms with Gasteiger partial charge in [0.2, 0.25) is 10.0 Å². The van der Waals surface area contributed by atoms with Gasteiger partial charge in [-0.25, -0.2) is 8.42 Å². The summed E-state index contributed by atoms with van der Waals surface area (Å²) in [4.78, 5) is 15.1. The van der Waals surface area contributed by atoms with Crippen molar-refractivity contribution >= 4 is 28.3 Å². The fourth-order valence-corrected chi connectivity index (χ4v) is 5.89. The molecule has 2 aliphatic heterocycles. The summed E-state index contributed by atoms with van der Waals surface area (Å²) in [5.74, 6) is 0.435. The summed E-state index contributed by atoms with van der Waals surface area (Å²) in [6.07, 6.45) is 3.60. The van der Waals surface area contributed by atoms with Gasteiger partial charge in [-0.3, -0.25) is 4.79 Å². The van der Waals surface area contributed by atoms with Gasteiger partial charge in [-0.2, -0.15) is 4.31 Å². The number of sulfonamides is 1. The first-order valence-corrected chi connectivity index (χ1v) is 11.3. The number of rotatable bonds is 4. The number of piperidine rings is 1. The zero-order valence-corrected chi connectivity index (χ0v) is 18.6. The number of carbonyl (C=O) groups is 1. The van der Waals surface area contributed by atoms with Crippen molar-refractivity contribution in [2.45, 2.75) is 57.4 Å². The highest BCUT2D eigenvalue weighted by atomic mass is 35.5. The van der Waals surface area contributed by atoms with Crippen LogP contribution in [0, 0.1) is 19.8 Å². The minimum absolute atomic E-state index is 0. The number of likely N-dealkylation sites (tertiary alicyclic amines) is 1. The largest absolute Gasteiger partial charge is 0.334 e. The molecule has 8 heteroatoms. The highest BCUT2D eigenvalue weighted by Gasteiger charge is 2.32. The van der Waals surface area contributed by atoms with E-state index < -0.39 is 10.0 Å². The van der Waals surface area contributed by atoms with Crippen molar-refractivity contribution < 1.29 is 13.2 Å². The molecular weight excluding hydrogens is 398 g/mol. The number of hydrogen-bond donors (Lipinski definition) is 1. The standard InChI is InChI=1S/C20H31N3O3S.ClH/c1-14-6-9-22(10-7-14)27(25,26)19-12-17(11-15(2)16(19)3)20(24)23-8-4-5-18(23)13-21;/h11-12,14,18H,4-10,13,21H2,1-3H3;1H. The Balaban J connectivity index is 0.00000280. The first-order chi connectivity index (χ1) is 12.8. The Labute approximate surface area is 174 Å². The van der Waals surface area contributed by atoms with Crippen LogP contribution in [-0.2, 0) is 10.0 Å². The minimum Gasteiger partial charge on any atom is -0.334 e. The molecule has 0 bridgehead atoms. The van der Waals surface area contributed by atoms with Crippen LogP contribution in [0.2, 0.25) is 0 Å². The summed E-state index contributed by atoms with van der Waals surface area (Å²) < 4.78 is 28.1. The summed E-state index contributed by atoms with van der Waals surface area (Å²) in [5.41, 5.74) is 7.80. The maximum Gasteiger partial charge on any atom is 0.254 e. The van der Waals surface area contributed by atoms with Gasteiger partial charge < -0.3 is 10.6 Å². The maximum atomic E-state index is 13.3. The summed E-state index contributed by atoms with van der Waals surface area (Å²) in [7, 11) is -3.60. The topological polar surface area (TPSA) is 83.7 Å². The summed E-state index contributed by atoms with van der Waals surface area (Å²) in [6.45, 7) is 8.05. The molecule has 0 aromatic heterocycles. The monoisotopic (exact) mass is 429 g/mol. The quantitative estimate of drug-likeness (QED) is 0.797. The zero-order chi connectivity index (χ0) is 19.8. The number of aryl methyl sites for hydroxylation is 1. The van der Waals surface area contributed by atoms with E-state index in [1.165, 1.54) is 0 Å². The lowest BCUT2D eigenvalue weighted by atomic mass is 10.0. The Bertz CT molecular complexity index is 820. The van der Waals surface area contributed by atoms with Crippen molar-refractivity contribution in [2.24, 2.45) is 11.7 Å². The number of benzene rings is 1. The van der Waals surface area contributed by atoms with Crippen molar-refractivity contribution in [3.05, 3.63) is 28.8 Å². The average Bonchev–Trinajstić information content (AvgIpc) is 3.12. The molecule has 6 nitrogen and oxygen atoms in total. The second kappa shape index (κ2) is 9.11. The average molecular weight is 430 g/mol. The Kier molecular flexibility index (Phi) is 7.53. The van der Waals surface area contributed by atoms with E-state index in [2.05, 4.69) is 6.92 Å². The van der Waals surface area contributed by atoms with E-state index in [1.807, 2.05) is 13.8 Å². The van der Waals surface area contributed by atoms with Crippen LogP contribution in [0.1, 0.15) is 54.1 Å². The van der Waals surface area contributed by atoms with Crippen molar-refractivity contribution in [1.29, 1.82) is 0 Å². The fourth-order valence-electron chi connectivity index (χ4n) is 4.10. The Morgan fingerprint density at radius 1 is 1.14 bits per heavy atom. The molecule has 2 heterocycles. The molecule has 0 saturated carbocycles. The van der Waals surface area contributed by atoms with Gasteiger partial charge in [0.15, 0.2) is 0 Å². The first-order valence-electron chi connectivity index (χ1n) is 9.88. The second-order valence-corrected chi connectivity index (χ2v) is 9.94. The highest BCUT2D eigenvalue weighted by molar-refractivity contribution is 7.89. The molecule has 0 radical (unpaired) electrons. The maximum absolute atomic E-state index is 13.3. The van der Waals surface area contributed by atoms with Crippen LogP contribution in [-0.4, -0.2) is 55.8 Å². The molecule has 1 aromatic carbocycles. The molecule has 2 aliphatic rings. The van der Waals surface area contributed by atoms with Gasteiger partial charge in [0.05, 0.1) is 4.90 Å². The molecule has 28 heavy (non-hydrogen) atoms. The predicted molar refractivity (Wildman–Crippen MR) is 113 cm³/mol. The molecule has 2 fully saturated rings. The molecule has 1 unspecified atom stereocenters. The molecule has 1 amide bonds. The van der Waals surface area contributed by atoms with E-state index in [1.54, 1.807) is 21.3 Å². The van der Waals surface area contributed by atoms with Gasteiger partial charge in [-0.15, -0.1) is 12.4 Å². The smallest absolute Gasteiger partial charge is 0.254 e. The van der Waals surface area contributed by atoms with Gasteiger partial charge in [0.25, 0.3) is 5.91 Å². The lowest BCUT2D eigenvalue weighted by Crippen LogP contribution is -2.40. The highest BCUT2D eigenvalue weighted by Crippen LogP contribution is 2.29. The minimum atomic E-state index is -3.60. The Hall–Kier alpha value is -1.15. The van der Waals surface area contributed by atoms with Gasteiger partial charge in [-0.05, 0) is 68.7 Å². The molecule has 2 saturated heterocycles. The van der Waals surface area contributed by atoms with Gasteiger partial charge >= 0.3 is 0 Å². The van der Waals surface area contributed by atoms with Crippen LogP contribution in [0.15, 0.2) is 17.0 Å². The predicted octanol–water partition coefficient (Wildman–Crippen LogP) is 2.71. The molecule has 2 N–H and O–H groups in total. The first kappa shape index (κ1) is 23.1. The third-order valence-electron chi connectivity index (χ3n) is 6.14. The Morgan fingerprint density at radius 2 is 1.79 bits per heavy atom. The van der Waals surface area contributed by atoms with Crippen LogP contribution in [0.3, 0.4) is 0 Å². The molecule has 0 aliphatic carbocycles. The van der Waals surface area contributed by atoms with E-state index in [4.69, 9.17) is 5.73 Å². The van der Waals surface area contributed by atoms with E-state index in [0.29, 0.717) is 37.7 Å². The normalized spacial score (nSPS) is 21.6. The molecule has 0 spiro atoms. The summed E-state index contributed by atoms with van der Waals surface area (Å²) in [6, 6.07) is 3.42. The lowest BCUT2D eigenvalue weighted by molar-refractivity contribution is 0.0741. The van der Waals surface area contributed by atoms with Crippen molar-refractivity contribution in [1.82, 2.24) is 9.21 Å². The third-order valence-corrected chi connectivity index (χ3v) is 8.16. The number of amides is 1. The number of nitrogens with two attached hydrogens (primary N) is 1. The summed E-state index contributed by atoms with van der Waals surface area (Å²) >= 11 is 0.